The van der Waals surface area contributed by atoms with Crippen molar-refractivity contribution in [3.63, 3.8) is 0 Å². The summed E-state index contributed by atoms with van der Waals surface area (Å²) in [4.78, 5) is 0.700. The van der Waals surface area contributed by atoms with E-state index in [0.29, 0.717) is 10.6 Å². The molecule has 1 nitrogen and oxygen atoms in total. The first-order valence-corrected chi connectivity index (χ1v) is 7.28. The van der Waals surface area contributed by atoms with Gasteiger partial charge in [0.1, 0.15) is 5.75 Å². The van der Waals surface area contributed by atoms with Crippen molar-refractivity contribution in [1.82, 2.24) is 0 Å². The zero-order valence-corrected chi connectivity index (χ0v) is 12.5. The van der Waals surface area contributed by atoms with E-state index in [4.69, 9.17) is 4.74 Å². The van der Waals surface area contributed by atoms with Gasteiger partial charge in [0.25, 0.3) is 0 Å². The van der Waals surface area contributed by atoms with Gasteiger partial charge in [0, 0.05) is 10.6 Å². The second-order valence-corrected chi connectivity index (χ2v) is 5.74. The van der Waals surface area contributed by atoms with Crippen molar-refractivity contribution in [2.45, 2.75) is 10.6 Å². The van der Waals surface area contributed by atoms with E-state index in [9.17, 15) is 8.78 Å². The van der Waals surface area contributed by atoms with E-state index in [-0.39, 0.29) is 0 Å². The van der Waals surface area contributed by atoms with Crippen molar-refractivity contribution in [2.75, 3.05) is 7.11 Å². The average Bonchev–Trinajstić information content (AvgIpc) is 2.40. The predicted molar refractivity (Wildman–Crippen MR) is 76.6 cm³/mol. The van der Waals surface area contributed by atoms with E-state index in [2.05, 4.69) is 15.9 Å². The first-order valence-electron chi connectivity index (χ1n) is 5.50. The van der Waals surface area contributed by atoms with Crippen LogP contribution in [0.25, 0.3) is 0 Å². The third-order valence-corrected chi connectivity index (χ3v) is 4.20. The van der Waals surface area contributed by atoms with Gasteiger partial charge in [0.2, 0.25) is 0 Å². The highest BCUT2D eigenvalue weighted by Crippen LogP contribution is 2.29. The van der Waals surface area contributed by atoms with Gasteiger partial charge in [-0.05, 0) is 51.8 Å². The molecule has 2 aromatic rings. The minimum Gasteiger partial charge on any atom is -0.496 e. The van der Waals surface area contributed by atoms with Crippen molar-refractivity contribution in [2.24, 2.45) is 0 Å². The summed E-state index contributed by atoms with van der Waals surface area (Å²) in [6.07, 6.45) is 0. The third-order valence-electron chi connectivity index (χ3n) is 2.51. The highest BCUT2D eigenvalue weighted by molar-refractivity contribution is 9.10. The molecule has 0 saturated heterocycles. The minimum absolute atomic E-state index is 0.674. The Morgan fingerprint density at radius 1 is 1.11 bits per heavy atom. The third kappa shape index (κ3) is 3.70. The van der Waals surface area contributed by atoms with Crippen LogP contribution in [0.5, 0.6) is 5.75 Å². The van der Waals surface area contributed by atoms with Gasteiger partial charge in [-0.1, -0.05) is 6.07 Å². The Morgan fingerprint density at radius 2 is 1.89 bits per heavy atom. The molecule has 0 fully saturated rings. The summed E-state index contributed by atoms with van der Waals surface area (Å²) >= 11 is 4.86. The first-order chi connectivity index (χ1) is 9.10. The zero-order valence-electron chi connectivity index (χ0n) is 10.1. The molecule has 100 valence electrons. The average molecular weight is 345 g/mol. The number of hydrogen-bond acceptors (Lipinski definition) is 2. The van der Waals surface area contributed by atoms with Crippen LogP contribution in [0.3, 0.4) is 0 Å². The predicted octanol–water partition coefficient (Wildman–Crippen LogP) is 5.03. The fourth-order valence-electron chi connectivity index (χ4n) is 1.53. The van der Waals surface area contributed by atoms with E-state index >= 15 is 0 Å². The standard InChI is InChI=1S/C14H11BrF2OS/c1-18-14-5-2-9(6-11(14)15)8-19-10-3-4-12(16)13(17)7-10/h2-7H,8H2,1H3. The summed E-state index contributed by atoms with van der Waals surface area (Å²) in [5.74, 6) is -0.202. The SMILES string of the molecule is COc1ccc(CSc2ccc(F)c(F)c2)cc1Br. The van der Waals surface area contributed by atoms with E-state index in [1.54, 1.807) is 13.2 Å². The van der Waals surface area contributed by atoms with E-state index in [1.807, 2.05) is 18.2 Å². The lowest BCUT2D eigenvalue weighted by molar-refractivity contribution is 0.412. The minimum atomic E-state index is -0.823. The number of ether oxygens (including phenoxy) is 1. The van der Waals surface area contributed by atoms with Crippen LogP contribution in [-0.2, 0) is 5.75 Å². The van der Waals surface area contributed by atoms with Crippen LogP contribution in [0, 0.1) is 11.6 Å². The van der Waals surface area contributed by atoms with Gasteiger partial charge in [-0.3, -0.25) is 0 Å². The zero-order chi connectivity index (χ0) is 13.8. The van der Waals surface area contributed by atoms with Crippen LogP contribution >= 0.6 is 27.7 Å². The molecular weight excluding hydrogens is 334 g/mol. The molecule has 0 atom stereocenters. The second kappa shape index (κ2) is 6.39. The summed E-state index contributed by atoms with van der Waals surface area (Å²) < 4.78 is 31.9. The lowest BCUT2D eigenvalue weighted by Gasteiger charge is -2.06. The summed E-state index contributed by atoms with van der Waals surface area (Å²) in [6.45, 7) is 0. The maximum absolute atomic E-state index is 13.1. The molecule has 0 amide bonds. The molecule has 0 radical (unpaired) electrons. The molecule has 0 aliphatic carbocycles. The Bertz CT molecular complexity index is 590. The maximum Gasteiger partial charge on any atom is 0.159 e. The van der Waals surface area contributed by atoms with Gasteiger partial charge in [0.15, 0.2) is 11.6 Å². The Kier molecular flexibility index (Phi) is 4.82. The molecule has 5 heteroatoms. The smallest absolute Gasteiger partial charge is 0.159 e. The number of halogens is 3. The van der Waals surface area contributed by atoms with Crippen molar-refractivity contribution in [3.05, 3.63) is 58.1 Å². The molecule has 0 aliphatic heterocycles. The van der Waals surface area contributed by atoms with Crippen LogP contribution in [0.1, 0.15) is 5.56 Å². The molecule has 2 rings (SSSR count). The number of rotatable bonds is 4. The van der Waals surface area contributed by atoms with Crippen molar-refractivity contribution in [3.8, 4) is 5.75 Å². The summed E-state index contributed by atoms with van der Waals surface area (Å²) in [5, 5.41) is 0. The first kappa shape index (κ1) is 14.3. The number of methoxy groups -OCH3 is 1. The van der Waals surface area contributed by atoms with Crippen LogP contribution < -0.4 is 4.74 Å². The van der Waals surface area contributed by atoms with E-state index in [0.717, 1.165) is 21.9 Å². The molecule has 0 aromatic heterocycles. The van der Waals surface area contributed by atoms with Gasteiger partial charge in [-0.15, -0.1) is 11.8 Å². The Morgan fingerprint density at radius 3 is 2.53 bits per heavy atom. The van der Waals surface area contributed by atoms with E-state index in [1.165, 1.54) is 17.8 Å². The van der Waals surface area contributed by atoms with Crippen LogP contribution in [0.15, 0.2) is 45.8 Å². The topological polar surface area (TPSA) is 9.23 Å². The molecule has 0 N–H and O–H groups in total. The fraction of sp³-hybridized carbons (Fsp3) is 0.143. The second-order valence-electron chi connectivity index (χ2n) is 3.83. The lowest BCUT2D eigenvalue weighted by Crippen LogP contribution is -1.88. The fourth-order valence-corrected chi connectivity index (χ4v) is 2.99. The lowest BCUT2D eigenvalue weighted by atomic mass is 10.2. The van der Waals surface area contributed by atoms with Crippen molar-refractivity contribution < 1.29 is 13.5 Å². The normalized spacial score (nSPS) is 10.5. The molecular formula is C14H11BrF2OS. The monoisotopic (exact) mass is 344 g/mol. The Labute approximate surface area is 123 Å². The molecule has 2 aromatic carbocycles. The molecule has 0 aliphatic rings. The molecule has 0 bridgehead atoms. The van der Waals surface area contributed by atoms with Gasteiger partial charge in [0.05, 0.1) is 11.6 Å². The van der Waals surface area contributed by atoms with Crippen LogP contribution in [-0.4, -0.2) is 7.11 Å². The van der Waals surface area contributed by atoms with E-state index < -0.39 is 11.6 Å². The largest absolute Gasteiger partial charge is 0.496 e. The summed E-state index contributed by atoms with van der Waals surface area (Å²) in [7, 11) is 1.61. The number of thioether (sulfide) groups is 1. The van der Waals surface area contributed by atoms with Crippen LogP contribution in [0.2, 0.25) is 0 Å². The molecule has 0 saturated carbocycles. The van der Waals surface area contributed by atoms with Gasteiger partial charge in [-0.2, -0.15) is 0 Å². The van der Waals surface area contributed by atoms with Gasteiger partial charge in [-0.25, -0.2) is 8.78 Å². The quantitative estimate of drug-likeness (QED) is 0.719. The van der Waals surface area contributed by atoms with Crippen molar-refractivity contribution in [1.29, 1.82) is 0 Å². The number of benzene rings is 2. The maximum atomic E-state index is 13.1. The highest BCUT2D eigenvalue weighted by Gasteiger charge is 2.05. The van der Waals surface area contributed by atoms with Crippen LogP contribution in [0.4, 0.5) is 8.78 Å². The number of hydrogen-bond donors (Lipinski definition) is 0. The molecule has 0 unspecified atom stereocenters. The molecule has 19 heavy (non-hydrogen) atoms. The molecule has 0 spiro atoms. The van der Waals surface area contributed by atoms with Gasteiger partial charge >= 0.3 is 0 Å². The summed E-state index contributed by atoms with van der Waals surface area (Å²) in [5.41, 5.74) is 1.07. The van der Waals surface area contributed by atoms with Crippen molar-refractivity contribution >= 4 is 27.7 Å². The highest BCUT2D eigenvalue weighted by atomic mass is 79.9. The summed E-state index contributed by atoms with van der Waals surface area (Å²) in [6, 6.07) is 9.68. The van der Waals surface area contributed by atoms with Gasteiger partial charge < -0.3 is 4.74 Å². The molecule has 0 heterocycles. The Hall–Kier alpha value is -1.07. The Balaban J connectivity index is 2.05.